The predicted octanol–water partition coefficient (Wildman–Crippen LogP) is 3.03. The van der Waals surface area contributed by atoms with E-state index < -0.39 is 11.9 Å². The first-order valence-corrected chi connectivity index (χ1v) is 3.53. The van der Waals surface area contributed by atoms with Gasteiger partial charge < -0.3 is 4.42 Å². The van der Waals surface area contributed by atoms with Gasteiger partial charge in [-0.25, -0.2) is 4.98 Å². The number of alkyl halides is 3. The molecule has 0 bridgehead atoms. The molecule has 13 heavy (non-hydrogen) atoms. The fraction of sp³-hybridized carbons (Fsp3) is 0.375. The first-order valence-electron chi connectivity index (χ1n) is 3.53. The minimum Gasteiger partial charge on any atom is -0.436 e. The lowest BCUT2D eigenvalue weighted by Gasteiger charge is -2.03. The molecule has 0 N–H and O–H groups in total. The molecule has 0 radical (unpaired) electrons. The zero-order valence-electron chi connectivity index (χ0n) is 7.20. The monoisotopic (exact) mass is 191 g/mol. The number of nitrogens with zero attached hydrogens (tertiary/aromatic N) is 1. The standard InChI is InChI=1S/C8H8F3NO/c1-4(2)6-7(8(9,10)11)13-5(3)12-6/h1H2,2-3H3. The van der Waals surface area contributed by atoms with Gasteiger partial charge >= 0.3 is 6.18 Å². The predicted molar refractivity (Wildman–Crippen MR) is 41.0 cm³/mol. The fourth-order valence-corrected chi connectivity index (χ4v) is 0.908. The van der Waals surface area contributed by atoms with Crippen LogP contribution in [0.5, 0.6) is 0 Å². The second kappa shape index (κ2) is 2.90. The molecular weight excluding hydrogens is 183 g/mol. The van der Waals surface area contributed by atoms with Gasteiger partial charge in [0.2, 0.25) is 5.76 Å². The molecule has 0 atom stereocenters. The normalized spacial score (nSPS) is 11.8. The molecule has 0 aliphatic rings. The highest BCUT2D eigenvalue weighted by Gasteiger charge is 2.39. The van der Waals surface area contributed by atoms with Gasteiger partial charge in [0.25, 0.3) is 0 Å². The number of aromatic nitrogens is 1. The van der Waals surface area contributed by atoms with Crippen molar-refractivity contribution in [3.05, 3.63) is 23.9 Å². The number of rotatable bonds is 1. The Kier molecular flexibility index (Phi) is 2.19. The van der Waals surface area contributed by atoms with Crippen LogP contribution in [0.3, 0.4) is 0 Å². The van der Waals surface area contributed by atoms with E-state index in [1.165, 1.54) is 13.8 Å². The van der Waals surface area contributed by atoms with Gasteiger partial charge in [0.1, 0.15) is 5.69 Å². The quantitative estimate of drug-likeness (QED) is 0.681. The number of hydrogen-bond donors (Lipinski definition) is 0. The molecule has 1 heterocycles. The van der Waals surface area contributed by atoms with Gasteiger partial charge in [-0.05, 0) is 12.5 Å². The van der Waals surface area contributed by atoms with Crippen LogP contribution < -0.4 is 0 Å². The lowest BCUT2D eigenvalue weighted by Crippen LogP contribution is -2.06. The summed E-state index contributed by atoms with van der Waals surface area (Å²) in [5.74, 6) is -1.08. The van der Waals surface area contributed by atoms with Crippen LogP contribution in [0.25, 0.3) is 5.57 Å². The molecule has 0 aliphatic carbocycles. The highest BCUT2D eigenvalue weighted by Crippen LogP contribution is 2.34. The Labute approximate surface area is 73.1 Å². The molecule has 1 aromatic heterocycles. The minimum atomic E-state index is -4.50. The Balaban J connectivity index is 3.28. The number of halogens is 3. The number of hydrogen-bond acceptors (Lipinski definition) is 2. The van der Waals surface area contributed by atoms with Crippen molar-refractivity contribution in [3.8, 4) is 0 Å². The molecule has 0 fully saturated rings. The molecule has 0 saturated carbocycles. The van der Waals surface area contributed by atoms with Crippen molar-refractivity contribution in [1.29, 1.82) is 0 Å². The van der Waals surface area contributed by atoms with E-state index in [1.54, 1.807) is 0 Å². The van der Waals surface area contributed by atoms with Gasteiger partial charge in [0.15, 0.2) is 5.89 Å². The lowest BCUT2D eigenvalue weighted by molar-refractivity contribution is -0.153. The molecule has 72 valence electrons. The van der Waals surface area contributed by atoms with Crippen LogP contribution in [0.4, 0.5) is 13.2 Å². The summed E-state index contributed by atoms with van der Waals surface area (Å²) in [5.41, 5.74) is 0.0224. The molecule has 0 aromatic carbocycles. The molecular formula is C8H8F3NO. The Morgan fingerprint density at radius 1 is 1.46 bits per heavy atom. The summed E-state index contributed by atoms with van der Waals surface area (Å²) in [6.07, 6.45) is -4.50. The maximum absolute atomic E-state index is 12.2. The Hall–Kier alpha value is -1.26. The molecule has 0 aliphatic heterocycles. The summed E-state index contributed by atoms with van der Waals surface area (Å²) in [6.45, 7) is 6.20. The van der Waals surface area contributed by atoms with Crippen LogP contribution in [0.15, 0.2) is 11.0 Å². The Morgan fingerprint density at radius 2 is 2.00 bits per heavy atom. The second-order valence-corrected chi connectivity index (χ2v) is 2.69. The fourth-order valence-electron chi connectivity index (χ4n) is 0.908. The van der Waals surface area contributed by atoms with Crippen molar-refractivity contribution < 1.29 is 17.6 Å². The first-order chi connectivity index (χ1) is 5.82. The topological polar surface area (TPSA) is 26.0 Å². The smallest absolute Gasteiger partial charge is 0.436 e. The minimum absolute atomic E-state index is 0.00896. The average Bonchev–Trinajstić information content (AvgIpc) is 2.29. The van der Waals surface area contributed by atoms with E-state index >= 15 is 0 Å². The zero-order valence-corrected chi connectivity index (χ0v) is 7.20. The van der Waals surface area contributed by atoms with Gasteiger partial charge in [-0.15, -0.1) is 0 Å². The number of aryl methyl sites for hydroxylation is 1. The van der Waals surface area contributed by atoms with Crippen molar-refractivity contribution in [2.24, 2.45) is 0 Å². The SMILES string of the molecule is C=C(C)c1nc(C)oc1C(F)(F)F. The molecule has 0 amide bonds. The van der Waals surface area contributed by atoms with Crippen LogP contribution in [-0.2, 0) is 6.18 Å². The molecule has 0 unspecified atom stereocenters. The van der Waals surface area contributed by atoms with Gasteiger partial charge in [-0.1, -0.05) is 6.58 Å². The van der Waals surface area contributed by atoms with E-state index in [0.717, 1.165) is 0 Å². The van der Waals surface area contributed by atoms with E-state index in [2.05, 4.69) is 16.0 Å². The van der Waals surface area contributed by atoms with E-state index in [1.807, 2.05) is 0 Å². The average molecular weight is 191 g/mol. The van der Waals surface area contributed by atoms with Crippen molar-refractivity contribution in [2.75, 3.05) is 0 Å². The molecule has 0 saturated heterocycles. The number of oxazole rings is 1. The van der Waals surface area contributed by atoms with Gasteiger partial charge in [0.05, 0.1) is 0 Å². The van der Waals surface area contributed by atoms with Gasteiger partial charge in [-0.2, -0.15) is 13.2 Å². The summed E-state index contributed by atoms with van der Waals surface area (Å²) < 4.78 is 41.2. The van der Waals surface area contributed by atoms with Crippen LogP contribution in [0.2, 0.25) is 0 Å². The molecule has 1 aromatic rings. The maximum atomic E-state index is 12.2. The molecule has 0 spiro atoms. The zero-order chi connectivity index (χ0) is 10.2. The van der Waals surface area contributed by atoms with Crippen LogP contribution >= 0.6 is 0 Å². The van der Waals surface area contributed by atoms with Crippen molar-refractivity contribution in [2.45, 2.75) is 20.0 Å². The largest absolute Gasteiger partial charge is 0.451 e. The third kappa shape index (κ3) is 1.91. The van der Waals surface area contributed by atoms with E-state index in [0.29, 0.717) is 0 Å². The summed E-state index contributed by atoms with van der Waals surface area (Å²) in [7, 11) is 0. The summed E-state index contributed by atoms with van der Waals surface area (Å²) in [6, 6.07) is 0. The third-order valence-electron chi connectivity index (χ3n) is 1.40. The molecule has 1 rings (SSSR count). The van der Waals surface area contributed by atoms with Crippen molar-refractivity contribution in [1.82, 2.24) is 4.98 Å². The molecule has 5 heteroatoms. The lowest BCUT2D eigenvalue weighted by atomic mass is 10.2. The van der Waals surface area contributed by atoms with Crippen LogP contribution in [-0.4, -0.2) is 4.98 Å². The third-order valence-corrected chi connectivity index (χ3v) is 1.40. The van der Waals surface area contributed by atoms with Gasteiger partial charge in [0, 0.05) is 6.92 Å². The highest BCUT2D eigenvalue weighted by atomic mass is 19.4. The molecule has 2 nitrogen and oxygen atoms in total. The van der Waals surface area contributed by atoms with E-state index in [-0.39, 0.29) is 17.2 Å². The van der Waals surface area contributed by atoms with Crippen LogP contribution in [0.1, 0.15) is 24.3 Å². The summed E-state index contributed by atoms with van der Waals surface area (Å²) >= 11 is 0. The highest BCUT2D eigenvalue weighted by molar-refractivity contribution is 5.59. The van der Waals surface area contributed by atoms with Gasteiger partial charge in [-0.3, -0.25) is 0 Å². The second-order valence-electron chi connectivity index (χ2n) is 2.69. The Bertz CT molecular complexity index is 338. The van der Waals surface area contributed by atoms with Crippen LogP contribution in [0, 0.1) is 6.92 Å². The van der Waals surface area contributed by atoms with E-state index in [9.17, 15) is 13.2 Å². The summed E-state index contributed by atoms with van der Waals surface area (Å²) in [4.78, 5) is 3.59. The van der Waals surface area contributed by atoms with Crippen molar-refractivity contribution in [3.63, 3.8) is 0 Å². The van der Waals surface area contributed by atoms with E-state index in [4.69, 9.17) is 0 Å². The maximum Gasteiger partial charge on any atom is 0.451 e. The first kappa shape index (κ1) is 9.83. The summed E-state index contributed by atoms with van der Waals surface area (Å²) in [5, 5.41) is 0. The Morgan fingerprint density at radius 3 is 2.31 bits per heavy atom. The van der Waals surface area contributed by atoms with Crippen molar-refractivity contribution >= 4 is 5.57 Å². The number of allylic oxidation sites excluding steroid dienone is 1.